The first-order valence-electron chi connectivity index (χ1n) is 6.31. The van der Waals surface area contributed by atoms with Crippen molar-refractivity contribution in [3.8, 4) is 0 Å². The molecule has 2 rings (SSSR count). The molecule has 2 aromatic rings. The lowest BCUT2D eigenvalue weighted by Crippen LogP contribution is -2.33. The number of hydrogen-bond acceptors (Lipinski definition) is 3. The third kappa shape index (κ3) is 2.89. The van der Waals surface area contributed by atoms with E-state index in [9.17, 15) is 10.2 Å². The molecule has 0 unspecified atom stereocenters. The van der Waals surface area contributed by atoms with Gasteiger partial charge in [-0.05, 0) is 11.1 Å². The summed E-state index contributed by atoms with van der Waals surface area (Å²) in [5, 5.41) is 28.8. The fourth-order valence-electron chi connectivity index (χ4n) is 2.13. The maximum atomic E-state index is 11.0. The molecule has 5 heteroatoms. The van der Waals surface area contributed by atoms with Crippen molar-refractivity contribution in [1.82, 2.24) is 0 Å². The molecule has 0 radical (unpaired) electrons. The van der Waals surface area contributed by atoms with E-state index < -0.39 is 16.7 Å². The zero-order valence-corrected chi connectivity index (χ0v) is 11.9. The predicted molar refractivity (Wildman–Crippen MR) is 81.2 cm³/mol. The maximum absolute atomic E-state index is 11.0. The molecular formula is C16H14ClN2O2+. The molecule has 0 fully saturated rings. The molecule has 2 N–H and O–H groups in total. The molecule has 106 valence electrons. The number of hydrogen-bond donors (Lipinski definition) is 2. The largest absolute Gasteiger partial charge is 0.503 e. The number of aliphatic hydroxyl groups is 2. The van der Waals surface area contributed by atoms with Gasteiger partial charge >= 0.3 is 6.20 Å². The van der Waals surface area contributed by atoms with E-state index in [1.54, 1.807) is 54.6 Å². The smallest absolute Gasteiger partial charge is 0.390 e. The minimum Gasteiger partial charge on any atom is -0.503 e. The molecule has 0 saturated carbocycles. The summed E-state index contributed by atoms with van der Waals surface area (Å²) in [4.78, 5) is 2.77. The number of aliphatic hydroxyl groups excluding tert-OH is 1. The van der Waals surface area contributed by atoms with Crippen molar-refractivity contribution >= 4 is 11.6 Å². The minimum atomic E-state index is -1.91. The summed E-state index contributed by atoms with van der Waals surface area (Å²) in [5.74, 6) is -0.542. The van der Waals surface area contributed by atoms with E-state index in [1.165, 1.54) is 0 Å². The summed E-state index contributed by atoms with van der Waals surface area (Å²) in [6.07, 6.45) is 0.769. The summed E-state index contributed by atoms with van der Waals surface area (Å²) in [5.41, 5.74) is -0.884. The van der Waals surface area contributed by atoms with Crippen molar-refractivity contribution < 1.29 is 10.2 Å². The van der Waals surface area contributed by atoms with E-state index in [0.717, 1.165) is 6.20 Å². The van der Waals surface area contributed by atoms with Crippen molar-refractivity contribution in [2.75, 3.05) is 0 Å². The van der Waals surface area contributed by atoms with Crippen LogP contribution in [0.15, 0.2) is 72.6 Å². The van der Waals surface area contributed by atoms with Gasteiger partial charge < -0.3 is 10.2 Å². The maximum Gasteiger partial charge on any atom is 0.390 e. The van der Waals surface area contributed by atoms with E-state index in [0.29, 0.717) is 11.1 Å². The molecule has 4 nitrogen and oxygen atoms in total. The molecule has 0 aliphatic carbocycles. The third-order valence-corrected chi connectivity index (χ3v) is 3.81. The Morgan fingerprint density at radius 1 is 1.10 bits per heavy atom. The second-order valence-corrected chi connectivity index (χ2v) is 4.97. The molecular weight excluding hydrogens is 288 g/mol. The monoisotopic (exact) mass is 301 g/mol. The zero-order chi connectivity index (χ0) is 15.3. The van der Waals surface area contributed by atoms with Crippen LogP contribution in [-0.2, 0) is 5.60 Å². The first-order valence-corrected chi connectivity index (χ1v) is 6.75. The third-order valence-electron chi connectivity index (χ3n) is 3.24. The lowest BCUT2D eigenvalue weighted by molar-refractivity contribution is 0.0271. The van der Waals surface area contributed by atoms with Crippen LogP contribution in [0, 0.1) is 5.39 Å². The van der Waals surface area contributed by atoms with Crippen molar-refractivity contribution in [3.05, 3.63) is 88.7 Å². The molecule has 0 amide bonds. The molecule has 21 heavy (non-hydrogen) atoms. The van der Waals surface area contributed by atoms with E-state index in [2.05, 4.69) is 4.98 Å². The number of rotatable bonds is 4. The van der Waals surface area contributed by atoms with Gasteiger partial charge in [-0.3, -0.25) is 0 Å². The van der Waals surface area contributed by atoms with Crippen LogP contribution in [-0.4, -0.2) is 10.2 Å². The van der Waals surface area contributed by atoms with Crippen LogP contribution in [0.3, 0.4) is 0 Å². The summed E-state index contributed by atoms with van der Waals surface area (Å²) < 4.78 is 0. The Bertz CT molecular complexity index is 668. The van der Waals surface area contributed by atoms with Crippen molar-refractivity contribution in [3.63, 3.8) is 0 Å². The molecule has 0 spiro atoms. The highest BCUT2D eigenvalue weighted by molar-refractivity contribution is 6.21. The summed E-state index contributed by atoms with van der Waals surface area (Å²) in [6.45, 7) is 0. The normalized spacial score (nSPS) is 15.8. The van der Waals surface area contributed by atoms with Crippen LogP contribution in [0.25, 0.3) is 4.98 Å². The van der Waals surface area contributed by atoms with E-state index in [4.69, 9.17) is 17.0 Å². The van der Waals surface area contributed by atoms with Gasteiger partial charge in [0.2, 0.25) is 11.2 Å². The van der Waals surface area contributed by atoms with Crippen LogP contribution in [0.4, 0.5) is 0 Å². The van der Waals surface area contributed by atoms with Gasteiger partial charge in [0.1, 0.15) is 0 Å². The molecule has 0 aliphatic heterocycles. The number of diazo groups is 1. The van der Waals surface area contributed by atoms with E-state index in [-0.39, 0.29) is 0 Å². The van der Waals surface area contributed by atoms with E-state index >= 15 is 0 Å². The van der Waals surface area contributed by atoms with Crippen LogP contribution >= 0.6 is 11.6 Å². The van der Waals surface area contributed by atoms with Gasteiger partial charge in [0.05, 0.1) is 5.38 Å². The van der Waals surface area contributed by atoms with Crippen LogP contribution in [0.1, 0.15) is 16.5 Å². The molecule has 0 aliphatic rings. The van der Waals surface area contributed by atoms with Crippen LogP contribution in [0.2, 0.25) is 0 Å². The lowest BCUT2D eigenvalue weighted by Gasteiger charge is -2.31. The highest BCUT2D eigenvalue weighted by Crippen LogP contribution is 2.44. The van der Waals surface area contributed by atoms with Gasteiger partial charge in [-0.1, -0.05) is 60.7 Å². The van der Waals surface area contributed by atoms with Gasteiger partial charge in [0.15, 0.2) is 10.6 Å². The number of benzene rings is 2. The molecule has 0 heterocycles. The Kier molecular flexibility index (Phi) is 4.59. The first-order chi connectivity index (χ1) is 10.1. The average Bonchev–Trinajstić information content (AvgIpc) is 2.55. The Morgan fingerprint density at radius 3 is 2.14 bits per heavy atom. The van der Waals surface area contributed by atoms with Gasteiger partial charge in [-0.25, -0.2) is 0 Å². The minimum absolute atomic E-state index is 0.395. The van der Waals surface area contributed by atoms with Gasteiger partial charge in [0.25, 0.3) is 0 Å². The highest BCUT2D eigenvalue weighted by atomic mass is 35.5. The Labute approximate surface area is 127 Å². The number of alkyl halides is 1. The predicted octanol–water partition coefficient (Wildman–Crippen LogP) is 4.11. The Balaban J connectivity index is 2.57. The number of nitrogens with zero attached hydrogens (tertiary/aromatic N) is 2. The topological polar surface area (TPSA) is 68.6 Å². The van der Waals surface area contributed by atoms with Crippen LogP contribution in [0.5, 0.6) is 0 Å². The molecule has 2 atom stereocenters. The van der Waals surface area contributed by atoms with Gasteiger partial charge in [-0.2, -0.15) is 0 Å². The van der Waals surface area contributed by atoms with Crippen LogP contribution < -0.4 is 0 Å². The quantitative estimate of drug-likeness (QED) is 0.507. The lowest BCUT2D eigenvalue weighted by atomic mass is 9.85. The van der Waals surface area contributed by atoms with E-state index in [1.807, 2.05) is 6.07 Å². The summed E-state index contributed by atoms with van der Waals surface area (Å²) in [7, 11) is 0. The SMILES string of the molecule is N#[N+]C=C(O)[C@@](O)(c1ccccc1)[C@@H](Cl)c1ccccc1. The van der Waals surface area contributed by atoms with Crippen molar-refractivity contribution in [1.29, 1.82) is 5.39 Å². The Hall–Kier alpha value is -2.35. The fraction of sp³-hybridized carbons (Fsp3) is 0.125. The average molecular weight is 302 g/mol. The first kappa shape index (κ1) is 15.0. The van der Waals surface area contributed by atoms with Gasteiger partial charge in [-0.15, -0.1) is 11.6 Å². The second-order valence-electron chi connectivity index (χ2n) is 4.54. The Morgan fingerprint density at radius 2 is 1.62 bits per heavy atom. The second kappa shape index (κ2) is 6.40. The van der Waals surface area contributed by atoms with Crippen molar-refractivity contribution in [2.45, 2.75) is 11.0 Å². The molecule has 0 bridgehead atoms. The molecule has 0 aromatic heterocycles. The molecule has 2 aromatic carbocycles. The number of halogens is 1. The van der Waals surface area contributed by atoms with Crippen molar-refractivity contribution in [2.24, 2.45) is 0 Å². The summed E-state index contributed by atoms with van der Waals surface area (Å²) >= 11 is 6.40. The highest BCUT2D eigenvalue weighted by Gasteiger charge is 2.44. The summed E-state index contributed by atoms with van der Waals surface area (Å²) in [6, 6.07) is 17.4. The molecule has 0 saturated heterocycles. The fourth-order valence-corrected chi connectivity index (χ4v) is 2.52. The zero-order valence-electron chi connectivity index (χ0n) is 11.1. The standard InChI is InChI=1S/C16H13ClN2O2/c17-15(12-7-3-1-4-8-12)16(21,14(20)11-19-18)13-9-5-2-6-10-13/h1-11,15,21H/p+1/t15-,16-/m0/s1. The van der Waals surface area contributed by atoms with Gasteiger partial charge in [0, 0.05) is 0 Å².